The molecule has 6 heteroatoms. The summed E-state index contributed by atoms with van der Waals surface area (Å²) in [6, 6.07) is 7.94. The van der Waals surface area contributed by atoms with Gasteiger partial charge in [0.15, 0.2) is 5.96 Å². The Morgan fingerprint density at radius 3 is 2.65 bits per heavy atom. The summed E-state index contributed by atoms with van der Waals surface area (Å²) in [5, 5.41) is 6.61. The highest BCUT2D eigenvalue weighted by Crippen LogP contribution is 2.13. The number of methoxy groups -OCH3 is 1. The minimum Gasteiger partial charge on any atom is -0.497 e. The van der Waals surface area contributed by atoms with Crippen molar-refractivity contribution < 1.29 is 14.3 Å². The van der Waals surface area contributed by atoms with Gasteiger partial charge in [-0.3, -0.25) is 4.79 Å². The summed E-state index contributed by atoms with van der Waals surface area (Å²) in [6.45, 7) is 6.64. The molecule has 0 amide bonds. The van der Waals surface area contributed by atoms with Gasteiger partial charge in [-0.05, 0) is 44.4 Å². The molecule has 146 valence electrons. The van der Waals surface area contributed by atoms with Gasteiger partial charge in [-0.2, -0.15) is 0 Å². The molecule has 0 aliphatic heterocycles. The standard InChI is InChI=1S/C20H33N3O3/c1-4-21-20(23-16-17-11-10-12-18(15-17)25-3)22-14-9-7-6-8-13-19(24)26-5-2/h10-12,15H,4-9,13-14,16H2,1-3H3,(H2,21,22,23). The molecule has 0 radical (unpaired) electrons. The predicted octanol–water partition coefficient (Wildman–Crippen LogP) is 3.26. The Bertz CT molecular complexity index is 547. The lowest BCUT2D eigenvalue weighted by atomic mass is 10.1. The zero-order valence-electron chi connectivity index (χ0n) is 16.3. The summed E-state index contributed by atoms with van der Waals surface area (Å²) in [5.41, 5.74) is 1.11. The average molecular weight is 364 g/mol. The first-order valence-electron chi connectivity index (χ1n) is 9.50. The van der Waals surface area contributed by atoms with Gasteiger partial charge in [-0.25, -0.2) is 4.99 Å². The molecule has 0 saturated carbocycles. The molecule has 0 heterocycles. The lowest BCUT2D eigenvalue weighted by Crippen LogP contribution is -2.37. The van der Waals surface area contributed by atoms with Crippen molar-refractivity contribution in [3.05, 3.63) is 29.8 Å². The Hall–Kier alpha value is -2.24. The first kappa shape index (κ1) is 21.8. The van der Waals surface area contributed by atoms with Crippen molar-refractivity contribution in [1.29, 1.82) is 0 Å². The molecule has 0 fully saturated rings. The largest absolute Gasteiger partial charge is 0.497 e. The van der Waals surface area contributed by atoms with E-state index in [2.05, 4.69) is 22.5 Å². The predicted molar refractivity (Wildman–Crippen MR) is 106 cm³/mol. The van der Waals surface area contributed by atoms with E-state index in [9.17, 15) is 4.79 Å². The Morgan fingerprint density at radius 2 is 1.92 bits per heavy atom. The summed E-state index contributed by atoms with van der Waals surface area (Å²) in [4.78, 5) is 15.9. The number of benzene rings is 1. The fraction of sp³-hybridized carbons (Fsp3) is 0.600. The summed E-state index contributed by atoms with van der Waals surface area (Å²) in [6.07, 6.45) is 4.58. The quantitative estimate of drug-likeness (QED) is 0.258. The van der Waals surface area contributed by atoms with Crippen LogP contribution in [0.15, 0.2) is 29.3 Å². The van der Waals surface area contributed by atoms with E-state index in [4.69, 9.17) is 9.47 Å². The number of hydrogen-bond donors (Lipinski definition) is 2. The van der Waals surface area contributed by atoms with Gasteiger partial charge in [-0.1, -0.05) is 25.0 Å². The monoisotopic (exact) mass is 363 g/mol. The number of carbonyl (C=O) groups excluding carboxylic acids is 1. The average Bonchev–Trinajstić information content (AvgIpc) is 2.65. The topological polar surface area (TPSA) is 72.0 Å². The maximum atomic E-state index is 11.3. The minimum absolute atomic E-state index is 0.0928. The van der Waals surface area contributed by atoms with Gasteiger partial charge in [0.2, 0.25) is 0 Å². The summed E-state index contributed by atoms with van der Waals surface area (Å²) < 4.78 is 10.2. The number of nitrogens with zero attached hydrogens (tertiary/aromatic N) is 1. The number of esters is 1. The number of nitrogens with one attached hydrogen (secondary N) is 2. The molecular weight excluding hydrogens is 330 g/mol. The fourth-order valence-electron chi connectivity index (χ4n) is 2.47. The third kappa shape index (κ3) is 9.91. The van der Waals surface area contributed by atoms with E-state index in [-0.39, 0.29) is 5.97 Å². The SMILES string of the molecule is CCNC(=NCc1cccc(OC)c1)NCCCCCCC(=O)OCC. The van der Waals surface area contributed by atoms with Crippen molar-refractivity contribution in [1.82, 2.24) is 10.6 Å². The van der Waals surface area contributed by atoms with Crippen LogP contribution >= 0.6 is 0 Å². The normalized spacial score (nSPS) is 11.1. The molecule has 26 heavy (non-hydrogen) atoms. The second-order valence-electron chi connectivity index (χ2n) is 5.94. The smallest absolute Gasteiger partial charge is 0.305 e. The third-order valence-electron chi connectivity index (χ3n) is 3.80. The molecule has 0 spiro atoms. The number of unbranched alkanes of at least 4 members (excludes halogenated alkanes) is 3. The molecule has 0 aliphatic rings. The minimum atomic E-state index is -0.0928. The van der Waals surface area contributed by atoms with Gasteiger partial charge in [0.1, 0.15) is 5.75 Å². The van der Waals surface area contributed by atoms with Gasteiger partial charge >= 0.3 is 5.97 Å². The molecule has 0 unspecified atom stereocenters. The summed E-state index contributed by atoms with van der Waals surface area (Å²) in [5.74, 6) is 1.57. The van der Waals surface area contributed by atoms with Gasteiger partial charge in [0, 0.05) is 19.5 Å². The van der Waals surface area contributed by atoms with Gasteiger partial charge in [-0.15, -0.1) is 0 Å². The molecular formula is C20H33N3O3. The van der Waals surface area contributed by atoms with Crippen LogP contribution in [0.4, 0.5) is 0 Å². The first-order valence-corrected chi connectivity index (χ1v) is 9.50. The van der Waals surface area contributed by atoms with Crippen molar-refractivity contribution in [2.45, 2.75) is 52.5 Å². The van der Waals surface area contributed by atoms with Crippen LogP contribution in [0.1, 0.15) is 51.5 Å². The van der Waals surface area contributed by atoms with Crippen molar-refractivity contribution in [3.8, 4) is 5.75 Å². The highest BCUT2D eigenvalue weighted by molar-refractivity contribution is 5.79. The van der Waals surface area contributed by atoms with Crippen LogP contribution < -0.4 is 15.4 Å². The van der Waals surface area contributed by atoms with Crippen LogP contribution in [0.25, 0.3) is 0 Å². The summed E-state index contributed by atoms with van der Waals surface area (Å²) in [7, 11) is 1.67. The third-order valence-corrected chi connectivity index (χ3v) is 3.80. The van der Waals surface area contributed by atoms with E-state index in [1.165, 1.54) is 0 Å². The van der Waals surface area contributed by atoms with Crippen LogP contribution in [0, 0.1) is 0 Å². The Morgan fingerprint density at radius 1 is 1.12 bits per heavy atom. The van der Waals surface area contributed by atoms with Crippen LogP contribution in [0.2, 0.25) is 0 Å². The molecule has 0 aromatic heterocycles. The lowest BCUT2D eigenvalue weighted by molar-refractivity contribution is -0.143. The Balaban J connectivity index is 2.26. The van der Waals surface area contributed by atoms with Crippen LogP contribution in [0.5, 0.6) is 5.75 Å². The molecule has 1 aromatic rings. The van der Waals surface area contributed by atoms with Crippen LogP contribution in [-0.4, -0.2) is 38.7 Å². The van der Waals surface area contributed by atoms with E-state index < -0.39 is 0 Å². The Kier molecular flexibility index (Phi) is 11.7. The number of carbonyl (C=O) groups is 1. The maximum Gasteiger partial charge on any atom is 0.305 e. The van der Waals surface area contributed by atoms with Gasteiger partial charge < -0.3 is 20.1 Å². The van der Waals surface area contributed by atoms with E-state index in [0.717, 1.165) is 56.0 Å². The molecule has 1 rings (SSSR count). The number of guanidine groups is 1. The summed E-state index contributed by atoms with van der Waals surface area (Å²) >= 11 is 0. The highest BCUT2D eigenvalue weighted by Gasteiger charge is 2.01. The van der Waals surface area contributed by atoms with E-state index in [0.29, 0.717) is 19.6 Å². The second kappa shape index (κ2) is 14.0. The number of hydrogen-bond acceptors (Lipinski definition) is 4. The molecule has 2 N–H and O–H groups in total. The van der Waals surface area contributed by atoms with Crippen molar-refractivity contribution in [3.63, 3.8) is 0 Å². The molecule has 6 nitrogen and oxygen atoms in total. The Labute approximate surface area is 157 Å². The van der Waals surface area contributed by atoms with Gasteiger partial charge in [0.05, 0.1) is 20.3 Å². The molecule has 0 bridgehead atoms. The van der Waals surface area contributed by atoms with Gasteiger partial charge in [0.25, 0.3) is 0 Å². The molecule has 1 aromatic carbocycles. The number of ether oxygens (including phenoxy) is 2. The zero-order chi connectivity index (χ0) is 19.0. The van der Waals surface area contributed by atoms with E-state index in [1.54, 1.807) is 7.11 Å². The van der Waals surface area contributed by atoms with Crippen molar-refractivity contribution >= 4 is 11.9 Å². The highest BCUT2D eigenvalue weighted by atomic mass is 16.5. The van der Waals surface area contributed by atoms with E-state index in [1.807, 2.05) is 31.2 Å². The second-order valence-corrected chi connectivity index (χ2v) is 5.94. The van der Waals surface area contributed by atoms with Crippen molar-refractivity contribution in [2.75, 3.05) is 26.8 Å². The lowest BCUT2D eigenvalue weighted by Gasteiger charge is -2.11. The van der Waals surface area contributed by atoms with Crippen LogP contribution in [0.3, 0.4) is 0 Å². The van der Waals surface area contributed by atoms with Crippen LogP contribution in [-0.2, 0) is 16.1 Å². The van der Waals surface area contributed by atoms with Crippen molar-refractivity contribution in [2.24, 2.45) is 4.99 Å². The maximum absolute atomic E-state index is 11.3. The molecule has 0 aliphatic carbocycles. The molecule has 0 atom stereocenters. The zero-order valence-corrected chi connectivity index (χ0v) is 16.3. The van der Waals surface area contributed by atoms with E-state index >= 15 is 0 Å². The first-order chi connectivity index (χ1) is 12.7. The molecule has 0 saturated heterocycles. The fourth-order valence-corrected chi connectivity index (χ4v) is 2.47. The number of rotatable bonds is 12. The number of aliphatic imine (C=N–C) groups is 1.